The third-order valence-corrected chi connectivity index (χ3v) is 4.68. The van der Waals surface area contributed by atoms with Gasteiger partial charge in [0.05, 0.1) is 11.3 Å². The first-order valence-electron chi connectivity index (χ1n) is 8.46. The summed E-state index contributed by atoms with van der Waals surface area (Å²) in [6.45, 7) is 0.365. The van der Waals surface area contributed by atoms with E-state index in [1.54, 1.807) is 19.1 Å². The van der Waals surface area contributed by atoms with Crippen LogP contribution in [0.1, 0.15) is 26.4 Å². The number of ether oxygens (including phenoxy) is 1. The summed E-state index contributed by atoms with van der Waals surface area (Å²) in [6.07, 6.45) is -3.15. The summed E-state index contributed by atoms with van der Waals surface area (Å²) >= 11 is 1.15. The average molecular weight is 436 g/mol. The molecule has 2 amide bonds. The lowest BCUT2D eigenvalue weighted by molar-refractivity contribution is -0.154. The maximum Gasteiger partial charge on any atom is 0.422 e. The van der Waals surface area contributed by atoms with E-state index >= 15 is 0 Å². The molecule has 3 rings (SSSR count). The summed E-state index contributed by atoms with van der Waals surface area (Å²) in [4.78, 5) is 32.1. The topological polar surface area (TPSA) is 107 Å². The minimum Gasteiger partial charge on any atom is -0.468 e. The fourth-order valence-electron chi connectivity index (χ4n) is 2.42. The standard InChI is InChI=1S/C19H15F3N4O3S/c1-10-2-4-12(16(23)27)13(6-10)25-17(28)14-8-30-18(26-14)11-3-5-15(24-7-11)29-9-19(20,21)22/h2-8H,9H2,1H3,(H2,23,27)(H,25,28). The van der Waals surface area contributed by atoms with Gasteiger partial charge in [-0.25, -0.2) is 9.97 Å². The molecule has 0 aliphatic carbocycles. The summed E-state index contributed by atoms with van der Waals surface area (Å²) in [6, 6.07) is 7.62. The summed E-state index contributed by atoms with van der Waals surface area (Å²) in [5, 5.41) is 4.57. The number of primary amides is 1. The number of hydrogen-bond donors (Lipinski definition) is 2. The van der Waals surface area contributed by atoms with E-state index in [0.29, 0.717) is 10.6 Å². The molecule has 1 aromatic carbocycles. The first-order valence-corrected chi connectivity index (χ1v) is 9.33. The van der Waals surface area contributed by atoms with Gasteiger partial charge in [0.1, 0.15) is 10.7 Å². The van der Waals surface area contributed by atoms with Crippen molar-refractivity contribution in [2.24, 2.45) is 5.73 Å². The molecule has 156 valence electrons. The Morgan fingerprint density at radius 2 is 2.00 bits per heavy atom. The predicted octanol–water partition coefficient (Wildman–Crippen LogP) is 3.81. The van der Waals surface area contributed by atoms with Crippen molar-refractivity contribution < 1.29 is 27.5 Å². The molecule has 2 aromatic heterocycles. The lowest BCUT2D eigenvalue weighted by Crippen LogP contribution is -2.19. The zero-order valence-electron chi connectivity index (χ0n) is 15.5. The monoisotopic (exact) mass is 436 g/mol. The van der Waals surface area contributed by atoms with Crippen LogP contribution in [0, 0.1) is 6.92 Å². The third-order valence-electron chi connectivity index (χ3n) is 3.79. The Morgan fingerprint density at radius 3 is 2.63 bits per heavy atom. The molecule has 0 saturated carbocycles. The highest BCUT2D eigenvalue weighted by Gasteiger charge is 2.28. The maximum atomic E-state index is 12.5. The lowest BCUT2D eigenvalue weighted by atomic mass is 10.1. The summed E-state index contributed by atoms with van der Waals surface area (Å²) in [5.74, 6) is -1.39. The van der Waals surface area contributed by atoms with Gasteiger partial charge in [0, 0.05) is 23.2 Å². The van der Waals surface area contributed by atoms with Crippen molar-refractivity contribution in [3.05, 3.63) is 58.7 Å². The van der Waals surface area contributed by atoms with Gasteiger partial charge in [-0.15, -0.1) is 11.3 Å². The van der Waals surface area contributed by atoms with Crippen LogP contribution in [0.25, 0.3) is 10.6 Å². The molecule has 0 atom stereocenters. The number of anilines is 1. The second-order valence-corrected chi connectivity index (χ2v) is 7.05. The number of benzene rings is 1. The van der Waals surface area contributed by atoms with E-state index in [4.69, 9.17) is 5.73 Å². The van der Waals surface area contributed by atoms with Crippen LogP contribution in [-0.4, -0.2) is 34.6 Å². The number of carbonyl (C=O) groups is 2. The number of rotatable bonds is 6. The minimum atomic E-state index is -4.45. The number of halogens is 3. The number of aromatic nitrogens is 2. The zero-order chi connectivity index (χ0) is 21.9. The van der Waals surface area contributed by atoms with Crippen molar-refractivity contribution in [3.63, 3.8) is 0 Å². The molecular formula is C19H15F3N4O3S. The molecule has 3 N–H and O–H groups in total. The van der Waals surface area contributed by atoms with E-state index in [1.807, 2.05) is 0 Å². The number of amides is 2. The van der Waals surface area contributed by atoms with Crippen molar-refractivity contribution in [1.82, 2.24) is 9.97 Å². The van der Waals surface area contributed by atoms with Crippen LogP contribution in [0.2, 0.25) is 0 Å². The first-order chi connectivity index (χ1) is 14.1. The van der Waals surface area contributed by atoms with E-state index in [9.17, 15) is 22.8 Å². The molecule has 0 bridgehead atoms. The second kappa shape index (κ2) is 8.49. The van der Waals surface area contributed by atoms with E-state index < -0.39 is 24.6 Å². The van der Waals surface area contributed by atoms with Gasteiger partial charge >= 0.3 is 6.18 Å². The summed E-state index contributed by atoms with van der Waals surface area (Å²) in [5.41, 5.74) is 7.21. The van der Waals surface area contributed by atoms with Crippen LogP contribution in [0.5, 0.6) is 5.88 Å². The van der Waals surface area contributed by atoms with E-state index in [2.05, 4.69) is 20.0 Å². The average Bonchev–Trinajstić information content (AvgIpc) is 3.16. The minimum absolute atomic E-state index is 0.101. The second-order valence-electron chi connectivity index (χ2n) is 6.19. The zero-order valence-corrected chi connectivity index (χ0v) is 16.3. The Kier molecular flexibility index (Phi) is 6.01. The maximum absolute atomic E-state index is 12.5. The highest BCUT2D eigenvalue weighted by Crippen LogP contribution is 2.26. The molecule has 0 saturated heterocycles. The van der Waals surface area contributed by atoms with Crippen LogP contribution < -0.4 is 15.8 Å². The number of pyridine rings is 1. The molecule has 0 aliphatic rings. The van der Waals surface area contributed by atoms with E-state index in [-0.39, 0.29) is 22.8 Å². The highest BCUT2D eigenvalue weighted by atomic mass is 32.1. The van der Waals surface area contributed by atoms with Crippen molar-refractivity contribution >= 4 is 28.8 Å². The Balaban J connectivity index is 1.73. The molecule has 0 unspecified atom stereocenters. The Hall–Kier alpha value is -3.47. The summed E-state index contributed by atoms with van der Waals surface area (Å²) in [7, 11) is 0. The molecule has 7 nitrogen and oxygen atoms in total. The first kappa shape index (κ1) is 21.2. The molecule has 0 radical (unpaired) electrons. The number of nitrogens with two attached hydrogens (primary N) is 1. The number of nitrogens with zero attached hydrogens (tertiary/aromatic N) is 2. The van der Waals surface area contributed by atoms with Crippen molar-refractivity contribution in [2.45, 2.75) is 13.1 Å². The van der Waals surface area contributed by atoms with Crippen molar-refractivity contribution in [1.29, 1.82) is 0 Å². The van der Waals surface area contributed by atoms with Crippen molar-refractivity contribution in [2.75, 3.05) is 11.9 Å². The molecule has 3 aromatic rings. The van der Waals surface area contributed by atoms with Gasteiger partial charge in [-0.2, -0.15) is 13.2 Å². The number of carbonyl (C=O) groups excluding carboxylic acids is 2. The summed E-state index contributed by atoms with van der Waals surface area (Å²) < 4.78 is 41.1. The van der Waals surface area contributed by atoms with Gasteiger partial charge in [-0.05, 0) is 30.7 Å². The van der Waals surface area contributed by atoms with E-state index in [1.165, 1.54) is 29.8 Å². The largest absolute Gasteiger partial charge is 0.468 e. The number of thiazole rings is 1. The molecule has 11 heteroatoms. The van der Waals surface area contributed by atoms with Crippen LogP contribution in [0.15, 0.2) is 41.9 Å². The van der Waals surface area contributed by atoms with E-state index in [0.717, 1.165) is 16.9 Å². The molecule has 0 spiro atoms. The van der Waals surface area contributed by atoms with Crippen LogP contribution in [-0.2, 0) is 0 Å². The number of alkyl halides is 3. The predicted molar refractivity (Wildman–Crippen MR) is 105 cm³/mol. The number of aryl methyl sites for hydroxylation is 1. The quantitative estimate of drug-likeness (QED) is 0.611. The van der Waals surface area contributed by atoms with Crippen molar-refractivity contribution in [3.8, 4) is 16.5 Å². The fourth-order valence-corrected chi connectivity index (χ4v) is 3.21. The normalized spacial score (nSPS) is 11.2. The van der Waals surface area contributed by atoms with Crippen LogP contribution in [0.3, 0.4) is 0 Å². The SMILES string of the molecule is Cc1ccc(C(N)=O)c(NC(=O)c2csc(-c3ccc(OCC(F)(F)F)nc3)n2)c1. The molecular weight excluding hydrogens is 421 g/mol. The molecule has 2 heterocycles. The van der Waals surface area contributed by atoms with Gasteiger partial charge < -0.3 is 15.8 Å². The van der Waals surface area contributed by atoms with Gasteiger partial charge in [-0.1, -0.05) is 6.07 Å². The third kappa shape index (κ3) is 5.32. The van der Waals surface area contributed by atoms with Gasteiger partial charge in [-0.3, -0.25) is 9.59 Å². The van der Waals surface area contributed by atoms with Gasteiger partial charge in [0.2, 0.25) is 5.88 Å². The number of hydrogen-bond acceptors (Lipinski definition) is 6. The fraction of sp³-hybridized carbons (Fsp3) is 0.158. The smallest absolute Gasteiger partial charge is 0.422 e. The molecule has 0 aliphatic heterocycles. The Morgan fingerprint density at radius 1 is 1.23 bits per heavy atom. The Labute approximate surface area is 172 Å². The Bertz CT molecular complexity index is 1080. The van der Waals surface area contributed by atoms with Crippen LogP contribution >= 0.6 is 11.3 Å². The van der Waals surface area contributed by atoms with Gasteiger partial charge in [0.25, 0.3) is 11.8 Å². The highest BCUT2D eigenvalue weighted by molar-refractivity contribution is 7.13. The van der Waals surface area contributed by atoms with Crippen LogP contribution in [0.4, 0.5) is 18.9 Å². The number of nitrogens with one attached hydrogen (secondary N) is 1. The molecule has 30 heavy (non-hydrogen) atoms. The lowest BCUT2D eigenvalue weighted by Gasteiger charge is -2.09. The van der Waals surface area contributed by atoms with Gasteiger partial charge in [0.15, 0.2) is 6.61 Å². The molecule has 0 fully saturated rings.